The molecule has 0 fully saturated rings. The van der Waals surface area contributed by atoms with Crippen LogP contribution in [0.2, 0.25) is 0 Å². The lowest BCUT2D eigenvalue weighted by molar-refractivity contribution is 0.357. The average molecular weight is 202 g/mol. The van der Waals surface area contributed by atoms with E-state index >= 15 is 0 Å². The van der Waals surface area contributed by atoms with Crippen LogP contribution in [0.1, 0.15) is 5.56 Å². The van der Waals surface area contributed by atoms with E-state index in [2.05, 4.69) is 11.2 Å². The minimum Gasteiger partial charge on any atom is -0.493 e. The van der Waals surface area contributed by atoms with Gasteiger partial charge in [-0.3, -0.25) is 0 Å². The molecule has 1 aromatic carbocycles. The van der Waals surface area contributed by atoms with Crippen molar-refractivity contribution < 1.29 is 9.26 Å². The summed E-state index contributed by atoms with van der Waals surface area (Å²) in [5.74, 6) is 1.30. The van der Waals surface area contributed by atoms with Gasteiger partial charge in [0.1, 0.15) is 11.4 Å². The van der Waals surface area contributed by atoms with Crippen molar-refractivity contribution in [1.29, 1.82) is 0 Å². The lowest BCUT2D eigenvalue weighted by atomic mass is 10.1. The first-order chi connectivity index (χ1) is 7.33. The Labute approximate surface area is 86.6 Å². The molecule has 2 heterocycles. The minimum atomic E-state index is 0.335. The molecule has 4 heteroatoms. The maximum atomic E-state index is 5.47. The van der Waals surface area contributed by atoms with Crippen LogP contribution < -0.4 is 10.5 Å². The van der Waals surface area contributed by atoms with Gasteiger partial charge in [-0.1, -0.05) is 5.16 Å². The zero-order chi connectivity index (χ0) is 10.3. The molecule has 2 N–H and O–H groups in total. The number of anilines is 1. The van der Waals surface area contributed by atoms with Gasteiger partial charge in [-0.25, -0.2) is 0 Å². The lowest BCUT2D eigenvalue weighted by Crippen LogP contribution is -1.85. The van der Waals surface area contributed by atoms with Crippen molar-refractivity contribution in [2.45, 2.75) is 6.42 Å². The third-order valence-electron chi connectivity index (χ3n) is 2.51. The van der Waals surface area contributed by atoms with E-state index in [9.17, 15) is 0 Å². The van der Waals surface area contributed by atoms with Gasteiger partial charge >= 0.3 is 0 Å². The summed E-state index contributed by atoms with van der Waals surface area (Å²) in [6, 6.07) is 7.71. The number of hydrogen-bond acceptors (Lipinski definition) is 4. The molecule has 2 aromatic rings. The highest BCUT2D eigenvalue weighted by molar-refractivity contribution is 5.64. The summed E-state index contributed by atoms with van der Waals surface area (Å²) in [5.41, 5.74) is 8.47. The van der Waals surface area contributed by atoms with Gasteiger partial charge in [-0.2, -0.15) is 0 Å². The molecule has 0 spiro atoms. The average Bonchev–Trinajstić information content (AvgIpc) is 2.84. The summed E-state index contributed by atoms with van der Waals surface area (Å²) >= 11 is 0. The number of nitrogen functional groups attached to an aromatic ring is 1. The molecule has 15 heavy (non-hydrogen) atoms. The highest BCUT2D eigenvalue weighted by Crippen LogP contribution is 2.30. The van der Waals surface area contributed by atoms with Crippen LogP contribution >= 0.6 is 0 Å². The smallest absolute Gasteiger partial charge is 0.222 e. The SMILES string of the molecule is Nc1cc(-c2ccc3c(c2)CCO3)no1. The van der Waals surface area contributed by atoms with E-state index in [-0.39, 0.29) is 0 Å². The Hall–Kier alpha value is -1.97. The first-order valence-electron chi connectivity index (χ1n) is 4.81. The maximum Gasteiger partial charge on any atom is 0.222 e. The number of benzene rings is 1. The summed E-state index contributed by atoms with van der Waals surface area (Å²) in [6.45, 7) is 0.764. The van der Waals surface area contributed by atoms with Gasteiger partial charge < -0.3 is 15.0 Å². The Kier molecular flexibility index (Phi) is 1.68. The van der Waals surface area contributed by atoms with Crippen molar-refractivity contribution in [2.24, 2.45) is 0 Å². The third kappa shape index (κ3) is 1.34. The van der Waals surface area contributed by atoms with E-state index in [0.29, 0.717) is 5.88 Å². The zero-order valence-corrected chi connectivity index (χ0v) is 8.06. The third-order valence-corrected chi connectivity index (χ3v) is 2.51. The molecule has 0 radical (unpaired) electrons. The van der Waals surface area contributed by atoms with Crippen molar-refractivity contribution in [3.8, 4) is 17.0 Å². The van der Waals surface area contributed by atoms with E-state index in [0.717, 1.165) is 30.0 Å². The molecule has 0 unspecified atom stereocenters. The van der Waals surface area contributed by atoms with Gasteiger partial charge in [0.15, 0.2) is 0 Å². The molecule has 0 saturated carbocycles. The Morgan fingerprint density at radius 3 is 3.00 bits per heavy atom. The minimum absolute atomic E-state index is 0.335. The van der Waals surface area contributed by atoms with Gasteiger partial charge in [0.2, 0.25) is 5.88 Å². The van der Waals surface area contributed by atoms with Crippen molar-refractivity contribution in [2.75, 3.05) is 12.3 Å². The fourth-order valence-electron chi connectivity index (χ4n) is 1.77. The molecular formula is C11H10N2O2. The van der Waals surface area contributed by atoms with Crippen LogP contribution in [0.4, 0.5) is 5.88 Å². The van der Waals surface area contributed by atoms with Crippen molar-refractivity contribution in [3.63, 3.8) is 0 Å². The van der Waals surface area contributed by atoms with Crippen LogP contribution in [-0.2, 0) is 6.42 Å². The second kappa shape index (κ2) is 3.02. The normalized spacial score (nSPS) is 13.6. The fourth-order valence-corrected chi connectivity index (χ4v) is 1.77. The second-order valence-corrected chi connectivity index (χ2v) is 3.54. The van der Waals surface area contributed by atoms with Crippen LogP contribution in [0, 0.1) is 0 Å². The van der Waals surface area contributed by atoms with Gasteiger partial charge in [0, 0.05) is 18.1 Å². The second-order valence-electron chi connectivity index (χ2n) is 3.54. The predicted octanol–water partition coefficient (Wildman–Crippen LogP) is 1.86. The Morgan fingerprint density at radius 2 is 2.20 bits per heavy atom. The topological polar surface area (TPSA) is 61.3 Å². The first kappa shape index (κ1) is 8.35. The molecule has 1 aromatic heterocycles. The summed E-state index contributed by atoms with van der Waals surface area (Å²) in [5, 5.41) is 3.87. The quantitative estimate of drug-likeness (QED) is 0.766. The Balaban J connectivity index is 2.06. The highest BCUT2D eigenvalue weighted by Gasteiger charge is 2.13. The molecule has 0 amide bonds. The predicted molar refractivity (Wildman–Crippen MR) is 55.6 cm³/mol. The molecule has 0 saturated heterocycles. The van der Waals surface area contributed by atoms with Crippen LogP contribution in [0.5, 0.6) is 5.75 Å². The van der Waals surface area contributed by atoms with Crippen molar-refractivity contribution in [1.82, 2.24) is 5.16 Å². The van der Waals surface area contributed by atoms with Gasteiger partial charge in [-0.15, -0.1) is 0 Å². The number of nitrogens with two attached hydrogens (primary N) is 1. The zero-order valence-electron chi connectivity index (χ0n) is 8.06. The molecule has 0 aliphatic carbocycles. The lowest BCUT2D eigenvalue weighted by Gasteiger charge is -2.00. The number of aromatic nitrogens is 1. The summed E-state index contributed by atoms with van der Waals surface area (Å²) < 4.78 is 10.3. The van der Waals surface area contributed by atoms with E-state index < -0.39 is 0 Å². The van der Waals surface area contributed by atoms with Crippen LogP contribution in [0.25, 0.3) is 11.3 Å². The van der Waals surface area contributed by atoms with Gasteiger partial charge in [0.05, 0.1) is 6.61 Å². The van der Waals surface area contributed by atoms with Crippen LogP contribution in [0.15, 0.2) is 28.8 Å². The Morgan fingerprint density at radius 1 is 1.27 bits per heavy atom. The number of ether oxygens (including phenoxy) is 1. The molecule has 1 aliphatic rings. The van der Waals surface area contributed by atoms with E-state index in [1.54, 1.807) is 6.07 Å². The van der Waals surface area contributed by atoms with E-state index in [1.165, 1.54) is 5.56 Å². The summed E-state index contributed by atoms with van der Waals surface area (Å²) in [4.78, 5) is 0. The monoisotopic (exact) mass is 202 g/mol. The van der Waals surface area contributed by atoms with Crippen LogP contribution in [-0.4, -0.2) is 11.8 Å². The molecule has 0 atom stereocenters. The maximum absolute atomic E-state index is 5.47. The number of rotatable bonds is 1. The largest absolute Gasteiger partial charge is 0.493 e. The van der Waals surface area contributed by atoms with Crippen molar-refractivity contribution >= 4 is 5.88 Å². The molecule has 3 rings (SSSR count). The number of nitrogens with zero attached hydrogens (tertiary/aromatic N) is 1. The van der Waals surface area contributed by atoms with Crippen LogP contribution in [0.3, 0.4) is 0 Å². The van der Waals surface area contributed by atoms with Crippen molar-refractivity contribution in [3.05, 3.63) is 29.8 Å². The number of hydrogen-bond donors (Lipinski definition) is 1. The molecule has 0 bridgehead atoms. The van der Waals surface area contributed by atoms with E-state index in [1.807, 2.05) is 12.1 Å². The summed E-state index contributed by atoms with van der Waals surface area (Å²) in [7, 11) is 0. The summed E-state index contributed by atoms with van der Waals surface area (Å²) in [6.07, 6.45) is 0.955. The molecule has 1 aliphatic heterocycles. The highest BCUT2D eigenvalue weighted by atomic mass is 16.5. The molecule has 76 valence electrons. The standard InChI is InChI=1S/C11H10N2O2/c12-11-6-9(13-15-11)7-1-2-10-8(5-7)3-4-14-10/h1-2,5-6H,3-4,12H2. The fraction of sp³-hybridized carbons (Fsp3) is 0.182. The Bertz CT molecular complexity index is 505. The van der Waals surface area contributed by atoms with Gasteiger partial charge in [0.25, 0.3) is 0 Å². The van der Waals surface area contributed by atoms with E-state index in [4.69, 9.17) is 15.0 Å². The molecule has 4 nitrogen and oxygen atoms in total. The van der Waals surface area contributed by atoms with Gasteiger partial charge in [-0.05, 0) is 23.8 Å². The number of fused-ring (bicyclic) bond motifs is 1. The molecular weight excluding hydrogens is 192 g/mol. The first-order valence-corrected chi connectivity index (χ1v) is 4.81.